The minimum Gasteiger partial charge on any atom is -0.672 e. The lowest BCUT2D eigenvalue weighted by atomic mass is 9.86. The van der Waals surface area contributed by atoms with E-state index in [1.807, 2.05) is 11.4 Å². The highest BCUT2D eigenvalue weighted by Gasteiger charge is 2.27. The molecule has 2 atom stereocenters. The predicted octanol–water partition coefficient (Wildman–Crippen LogP) is 4.25. The van der Waals surface area contributed by atoms with Gasteiger partial charge in [0, 0.05) is 23.8 Å². The van der Waals surface area contributed by atoms with Crippen molar-refractivity contribution >= 4 is 22.7 Å². The maximum absolute atomic E-state index is 8.42. The van der Waals surface area contributed by atoms with Crippen molar-refractivity contribution in [2.24, 2.45) is 0 Å². The van der Waals surface area contributed by atoms with Gasteiger partial charge in [0.25, 0.3) is 0 Å². The number of nitrogens with one attached hydrogen (secondary N) is 2. The van der Waals surface area contributed by atoms with Crippen molar-refractivity contribution in [3.05, 3.63) is 50.8 Å². The molecule has 0 aliphatic carbocycles. The second-order valence-corrected chi connectivity index (χ2v) is 7.93. The molecule has 2 N–H and O–H groups in total. The van der Waals surface area contributed by atoms with Gasteiger partial charge in [-0.15, -0.1) is 17.4 Å². The Hall–Kier alpha value is -1.96. The van der Waals surface area contributed by atoms with Gasteiger partial charge in [-0.3, -0.25) is 0 Å². The van der Waals surface area contributed by atoms with Crippen LogP contribution in [-0.4, -0.2) is 33.9 Å². The van der Waals surface area contributed by atoms with Gasteiger partial charge in [-0.25, -0.2) is 9.50 Å². The molecule has 3 aromatic heterocycles. The summed E-state index contributed by atoms with van der Waals surface area (Å²) < 4.78 is 7.48. The number of thiophene rings is 1. The minimum absolute atomic E-state index is 0.191. The molecule has 1 fully saturated rings. The number of nitrogens with zero attached hydrogens (tertiary/aromatic N) is 3. The Balaban J connectivity index is 1.79. The van der Waals surface area contributed by atoms with Gasteiger partial charge < -0.3 is 15.8 Å². The summed E-state index contributed by atoms with van der Waals surface area (Å²) in [7, 11) is 0. The van der Waals surface area contributed by atoms with Crippen molar-refractivity contribution in [3.8, 4) is 0 Å². The number of aryl methyl sites for hydroxylation is 3. The first-order valence-corrected chi connectivity index (χ1v) is 9.85. The van der Waals surface area contributed by atoms with Gasteiger partial charge >= 0.3 is 0 Å². The highest BCUT2D eigenvalue weighted by molar-refractivity contribution is 7.09. The standard InChI is InChI=1S/C19H24N5OS/c1-11-17(15-6-7-25-10-16(15)20)12(2)24-18(11)19(22-13(3)23-24)21-9-14-5-4-8-26-14/h4-5,8,15-16,20H,6-7,9-10H2,1-3H3,(H,21,22,23)/q-1/t15-,16?/m0/s1. The third kappa shape index (κ3) is 3.00. The predicted molar refractivity (Wildman–Crippen MR) is 105 cm³/mol. The Morgan fingerprint density at radius 3 is 2.96 bits per heavy atom. The van der Waals surface area contributed by atoms with Crippen LogP contribution >= 0.6 is 11.3 Å². The maximum Gasteiger partial charge on any atom is 0.154 e. The van der Waals surface area contributed by atoms with Crippen molar-refractivity contribution in [1.29, 1.82) is 0 Å². The van der Waals surface area contributed by atoms with Gasteiger partial charge in [-0.1, -0.05) is 6.07 Å². The number of ether oxygens (including phenoxy) is 1. The summed E-state index contributed by atoms with van der Waals surface area (Å²) >= 11 is 1.74. The fourth-order valence-corrected chi connectivity index (χ4v) is 4.61. The molecule has 0 amide bonds. The van der Waals surface area contributed by atoms with Crippen LogP contribution < -0.4 is 5.32 Å². The fourth-order valence-electron chi connectivity index (χ4n) is 3.96. The van der Waals surface area contributed by atoms with Gasteiger partial charge in [-0.2, -0.15) is 5.10 Å². The summed E-state index contributed by atoms with van der Waals surface area (Å²) in [6.45, 7) is 8.14. The van der Waals surface area contributed by atoms with E-state index in [1.165, 1.54) is 16.0 Å². The lowest BCUT2D eigenvalue weighted by molar-refractivity contribution is 0.0802. The van der Waals surface area contributed by atoms with E-state index >= 15 is 0 Å². The van der Waals surface area contributed by atoms with Crippen molar-refractivity contribution in [2.75, 3.05) is 18.5 Å². The molecule has 4 heterocycles. The molecule has 0 radical (unpaired) electrons. The van der Waals surface area contributed by atoms with E-state index < -0.39 is 0 Å². The van der Waals surface area contributed by atoms with E-state index in [9.17, 15) is 0 Å². The summed E-state index contributed by atoms with van der Waals surface area (Å²) in [5.41, 5.74) is 13.0. The van der Waals surface area contributed by atoms with Crippen LogP contribution in [0, 0.1) is 20.8 Å². The fraction of sp³-hybridized carbons (Fsp3) is 0.474. The molecule has 0 aromatic carbocycles. The van der Waals surface area contributed by atoms with E-state index in [1.54, 1.807) is 11.3 Å². The molecule has 0 saturated carbocycles. The van der Waals surface area contributed by atoms with E-state index in [2.05, 4.69) is 46.8 Å². The largest absolute Gasteiger partial charge is 0.672 e. The number of rotatable bonds is 4. The van der Waals surface area contributed by atoms with Crippen molar-refractivity contribution in [1.82, 2.24) is 14.6 Å². The molecule has 0 spiro atoms. The highest BCUT2D eigenvalue weighted by Crippen LogP contribution is 2.37. The van der Waals surface area contributed by atoms with Crippen LogP contribution in [0.3, 0.4) is 0 Å². The van der Waals surface area contributed by atoms with Gasteiger partial charge in [-0.05, 0) is 55.7 Å². The van der Waals surface area contributed by atoms with Crippen LogP contribution in [0.1, 0.15) is 39.9 Å². The molecule has 1 unspecified atom stereocenters. The van der Waals surface area contributed by atoms with Gasteiger partial charge in [0.1, 0.15) is 11.3 Å². The quantitative estimate of drug-likeness (QED) is 0.745. The average Bonchev–Trinajstić information content (AvgIpc) is 3.22. The molecule has 7 heteroatoms. The van der Waals surface area contributed by atoms with E-state index in [0.29, 0.717) is 6.61 Å². The average molecular weight is 371 g/mol. The Morgan fingerprint density at radius 1 is 1.38 bits per heavy atom. The molecule has 26 heavy (non-hydrogen) atoms. The van der Waals surface area contributed by atoms with Crippen LogP contribution in [0.2, 0.25) is 0 Å². The monoisotopic (exact) mass is 370 g/mol. The molecule has 6 nitrogen and oxygen atoms in total. The Kier molecular flexibility index (Phi) is 4.69. The molecule has 3 aromatic rings. The first-order chi connectivity index (χ1) is 12.6. The zero-order valence-corrected chi connectivity index (χ0v) is 16.2. The molecule has 1 aliphatic rings. The Morgan fingerprint density at radius 2 is 2.23 bits per heavy atom. The zero-order valence-electron chi connectivity index (χ0n) is 15.4. The van der Waals surface area contributed by atoms with E-state index in [4.69, 9.17) is 10.5 Å². The molecule has 4 rings (SSSR count). The van der Waals surface area contributed by atoms with Crippen molar-refractivity contribution in [3.63, 3.8) is 0 Å². The first kappa shape index (κ1) is 17.5. The minimum atomic E-state index is -0.227. The maximum atomic E-state index is 8.42. The summed E-state index contributed by atoms with van der Waals surface area (Å²) in [6.07, 6.45) is 0.886. The topological polar surface area (TPSA) is 75.2 Å². The normalized spacial score (nSPS) is 20.6. The molecular weight excluding hydrogens is 346 g/mol. The summed E-state index contributed by atoms with van der Waals surface area (Å²) in [6, 6.07) is 3.96. The molecule has 1 aliphatic heterocycles. The Labute approximate surface area is 157 Å². The second-order valence-electron chi connectivity index (χ2n) is 6.90. The van der Waals surface area contributed by atoms with Crippen LogP contribution in [0.15, 0.2) is 17.5 Å². The molecule has 138 valence electrons. The number of hydrogen-bond acceptors (Lipinski definition) is 5. The van der Waals surface area contributed by atoms with Gasteiger partial charge in [0.05, 0.1) is 6.54 Å². The van der Waals surface area contributed by atoms with Crippen LogP contribution in [0.5, 0.6) is 0 Å². The smallest absolute Gasteiger partial charge is 0.154 e. The molecule has 0 bridgehead atoms. The van der Waals surface area contributed by atoms with Crippen LogP contribution in [-0.2, 0) is 11.3 Å². The third-order valence-corrected chi connectivity index (χ3v) is 6.03. The molecule has 1 saturated heterocycles. The van der Waals surface area contributed by atoms with Crippen molar-refractivity contribution < 1.29 is 4.74 Å². The van der Waals surface area contributed by atoms with Crippen LogP contribution in [0.25, 0.3) is 11.3 Å². The third-order valence-electron chi connectivity index (χ3n) is 5.16. The second kappa shape index (κ2) is 6.98. The summed E-state index contributed by atoms with van der Waals surface area (Å²) in [5, 5.41) is 10.2. The number of fused-ring (bicyclic) bond motifs is 1. The highest BCUT2D eigenvalue weighted by atomic mass is 32.1. The first-order valence-electron chi connectivity index (χ1n) is 8.97. The SMILES string of the molecule is Cc1nc(NCc2cccs2)c2c(C)c([C@H]3CCOCC3[NH-])c(C)n2n1. The van der Waals surface area contributed by atoms with Gasteiger partial charge in [0.15, 0.2) is 5.82 Å². The lowest BCUT2D eigenvalue weighted by Gasteiger charge is -2.35. The lowest BCUT2D eigenvalue weighted by Crippen LogP contribution is -2.28. The zero-order chi connectivity index (χ0) is 18.3. The Bertz CT molecular complexity index is 918. The van der Waals surface area contributed by atoms with E-state index in [-0.39, 0.29) is 12.0 Å². The van der Waals surface area contributed by atoms with E-state index in [0.717, 1.165) is 42.4 Å². The van der Waals surface area contributed by atoms with Crippen LogP contribution in [0.4, 0.5) is 5.82 Å². The summed E-state index contributed by atoms with van der Waals surface area (Å²) in [5.74, 6) is 1.80. The van der Waals surface area contributed by atoms with Crippen molar-refractivity contribution in [2.45, 2.75) is 45.7 Å². The molecular formula is C19H24N5OS-. The number of hydrogen-bond donors (Lipinski definition) is 1. The number of anilines is 1. The summed E-state index contributed by atoms with van der Waals surface area (Å²) in [4.78, 5) is 5.94. The number of aromatic nitrogens is 3. The van der Waals surface area contributed by atoms with Gasteiger partial charge in [0.2, 0.25) is 0 Å².